The van der Waals surface area contributed by atoms with E-state index < -0.39 is 5.41 Å². The van der Waals surface area contributed by atoms with Crippen molar-refractivity contribution in [1.29, 1.82) is 0 Å². The van der Waals surface area contributed by atoms with Gasteiger partial charge >= 0.3 is 0 Å². The molecule has 242 valence electrons. The van der Waals surface area contributed by atoms with Gasteiger partial charge < -0.3 is 0 Å². The Labute approximate surface area is 306 Å². The fourth-order valence-electron chi connectivity index (χ4n) is 8.64. The highest BCUT2D eigenvalue weighted by molar-refractivity contribution is 8.00. The number of benzene rings is 8. The molecule has 8 aromatic carbocycles. The molecule has 3 heteroatoms. The maximum absolute atomic E-state index is 5.21. The van der Waals surface area contributed by atoms with E-state index in [1.54, 1.807) is 0 Å². The Kier molecular flexibility index (Phi) is 6.43. The first-order valence-electron chi connectivity index (χ1n) is 17.7. The van der Waals surface area contributed by atoms with Crippen molar-refractivity contribution >= 4 is 33.3 Å². The van der Waals surface area contributed by atoms with Gasteiger partial charge in [0.1, 0.15) is 0 Å². The first-order valence-corrected chi connectivity index (χ1v) is 18.6. The molecule has 0 saturated heterocycles. The summed E-state index contributed by atoms with van der Waals surface area (Å²) in [4.78, 5) is 12.9. The third-order valence-corrected chi connectivity index (χ3v) is 12.2. The van der Waals surface area contributed by atoms with Crippen LogP contribution in [0.5, 0.6) is 0 Å². The predicted octanol–water partition coefficient (Wildman–Crippen LogP) is 12.6. The molecule has 2 aliphatic rings. The normalized spacial score (nSPS) is 13.5. The lowest BCUT2D eigenvalue weighted by Crippen LogP contribution is -2.32. The van der Waals surface area contributed by atoms with E-state index in [-0.39, 0.29) is 0 Å². The van der Waals surface area contributed by atoms with Crippen LogP contribution >= 0.6 is 11.8 Å². The lowest BCUT2D eigenvalue weighted by Gasteiger charge is -2.40. The largest absolute Gasteiger partial charge is 0.228 e. The van der Waals surface area contributed by atoms with Gasteiger partial charge in [-0.2, -0.15) is 0 Å². The van der Waals surface area contributed by atoms with E-state index in [4.69, 9.17) is 9.97 Å². The topological polar surface area (TPSA) is 25.8 Å². The summed E-state index contributed by atoms with van der Waals surface area (Å²) in [5.41, 5.74) is 12.3. The van der Waals surface area contributed by atoms with Gasteiger partial charge in [0.2, 0.25) is 0 Å². The molecule has 0 amide bonds. The zero-order chi connectivity index (χ0) is 34.2. The molecule has 0 unspecified atom stereocenters. The van der Waals surface area contributed by atoms with Crippen molar-refractivity contribution in [3.63, 3.8) is 0 Å². The molecule has 0 fully saturated rings. The van der Waals surface area contributed by atoms with Gasteiger partial charge in [0.15, 0.2) is 5.82 Å². The van der Waals surface area contributed by atoms with Crippen molar-refractivity contribution in [2.75, 3.05) is 0 Å². The molecule has 1 aliphatic heterocycles. The van der Waals surface area contributed by atoms with Gasteiger partial charge in [0.05, 0.1) is 16.8 Å². The number of hydrogen-bond donors (Lipinski definition) is 0. The highest BCUT2D eigenvalue weighted by Crippen LogP contribution is 2.64. The van der Waals surface area contributed by atoms with Gasteiger partial charge in [-0.1, -0.05) is 182 Å². The van der Waals surface area contributed by atoms with Crippen molar-refractivity contribution in [1.82, 2.24) is 9.97 Å². The lowest BCUT2D eigenvalue weighted by atomic mass is 9.66. The van der Waals surface area contributed by atoms with Crippen LogP contribution in [0.4, 0.5) is 0 Å². The van der Waals surface area contributed by atoms with Crippen LogP contribution in [0, 0.1) is 0 Å². The van der Waals surface area contributed by atoms with Gasteiger partial charge in [0.25, 0.3) is 0 Å². The zero-order valence-electron chi connectivity index (χ0n) is 28.1. The Morgan fingerprint density at radius 1 is 0.365 bits per heavy atom. The van der Waals surface area contributed by atoms with E-state index in [1.165, 1.54) is 64.7 Å². The molecule has 1 spiro atoms. The van der Waals surface area contributed by atoms with Crippen LogP contribution in [0.2, 0.25) is 0 Å². The fourth-order valence-corrected chi connectivity index (χ4v) is 10.1. The van der Waals surface area contributed by atoms with Crippen LogP contribution in [0.3, 0.4) is 0 Å². The quantitative estimate of drug-likeness (QED) is 0.186. The summed E-state index contributed by atoms with van der Waals surface area (Å²) in [7, 11) is 0. The van der Waals surface area contributed by atoms with Crippen molar-refractivity contribution in [3.8, 4) is 45.0 Å². The molecular weight excluding hydrogens is 649 g/mol. The Balaban J connectivity index is 1.20. The minimum atomic E-state index is -0.482. The first-order chi connectivity index (χ1) is 25.8. The lowest BCUT2D eigenvalue weighted by molar-refractivity contribution is 0.729. The van der Waals surface area contributed by atoms with Gasteiger partial charge in [-0.15, -0.1) is 0 Å². The Hall–Kier alpha value is -6.29. The van der Waals surface area contributed by atoms with E-state index in [0.29, 0.717) is 0 Å². The third kappa shape index (κ3) is 4.20. The number of fused-ring (bicyclic) bond motifs is 13. The molecule has 52 heavy (non-hydrogen) atoms. The summed E-state index contributed by atoms with van der Waals surface area (Å²) in [6.45, 7) is 0. The minimum absolute atomic E-state index is 0.482. The number of rotatable bonds is 3. The van der Waals surface area contributed by atoms with Gasteiger partial charge in [-0.25, -0.2) is 9.97 Å². The molecule has 0 saturated carbocycles. The van der Waals surface area contributed by atoms with E-state index in [9.17, 15) is 0 Å². The van der Waals surface area contributed by atoms with Crippen LogP contribution in [0.25, 0.3) is 66.6 Å². The zero-order valence-corrected chi connectivity index (χ0v) is 28.9. The maximum atomic E-state index is 5.21. The summed E-state index contributed by atoms with van der Waals surface area (Å²) in [5, 5.41) is 5.13. The van der Waals surface area contributed by atoms with E-state index >= 15 is 0 Å². The van der Waals surface area contributed by atoms with Crippen LogP contribution in [-0.2, 0) is 5.41 Å². The van der Waals surface area contributed by atoms with Crippen molar-refractivity contribution in [2.24, 2.45) is 0 Å². The van der Waals surface area contributed by atoms with E-state index in [1.807, 2.05) is 36.0 Å². The summed E-state index contributed by atoms with van der Waals surface area (Å²) < 4.78 is 0. The SMILES string of the molecule is c1ccc(-c2cc(-c3ccc4c(c3)-c3ccccc3C43c4ccc5ccccc5c4Sc4c3ccc3ccccc43)nc(-c3ccccc3)n2)cc1. The number of hydrogen-bond acceptors (Lipinski definition) is 3. The second kappa shape index (κ2) is 11.4. The maximum Gasteiger partial charge on any atom is 0.160 e. The number of aromatic nitrogens is 2. The van der Waals surface area contributed by atoms with Crippen LogP contribution in [0.15, 0.2) is 192 Å². The van der Waals surface area contributed by atoms with Crippen LogP contribution < -0.4 is 0 Å². The van der Waals surface area contributed by atoms with Gasteiger partial charge in [-0.3, -0.25) is 0 Å². The smallest absolute Gasteiger partial charge is 0.160 e. The second-order valence-electron chi connectivity index (χ2n) is 13.7. The monoisotopic (exact) mass is 678 g/mol. The van der Waals surface area contributed by atoms with E-state index in [2.05, 4.69) is 158 Å². The molecule has 1 aliphatic carbocycles. The molecule has 1 aromatic heterocycles. The highest BCUT2D eigenvalue weighted by atomic mass is 32.2. The molecule has 0 radical (unpaired) electrons. The predicted molar refractivity (Wildman–Crippen MR) is 215 cm³/mol. The summed E-state index contributed by atoms with van der Waals surface area (Å²) in [5.74, 6) is 0.722. The standard InChI is InChI=1S/C49H30N2S/c1-3-15-33(16-4-1)44-30-45(51-48(50-44)34-17-5-2-6-18-34)35-25-26-41-39(29-35)38-21-11-12-22-40(38)49(41)42-27-23-31-13-7-9-19-36(31)46(42)52-47-37-20-10-8-14-32(37)24-28-43(47)49/h1-30H. The Bertz CT molecular complexity index is 2740. The van der Waals surface area contributed by atoms with Crippen molar-refractivity contribution < 1.29 is 0 Å². The van der Waals surface area contributed by atoms with E-state index in [0.717, 1.165) is 33.9 Å². The number of nitrogens with zero attached hydrogens (tertiary/aromatic N) is 2. The Morgan fingerprint density at radius 3 is 1.56 bits per heavy atom. The molecule has 0 atom stereocenters. The average molecular weight is 679 g/mol. The van der Waals surface area contributed by atoms with Crippen LogP contribution in [0.1, 0.15) is 22.3 Å². The second-order valence-corrected chi connectivity index (χ2v) is 14.7. The molecular formula is C49H30N2S. The molecule has 0 bridgehead atoms. The molecule has 11 rings (SSSR count). The summed E-state index contributed by atoms with van der Waals surface area (Å²) >= 11 is 1.93. The average Bonchev–Trinajstić information content (AvgIpc) is 3.51. The van der Waals surface area contributed by atoms with Gasteiger partial charge in [-0.05, 0) is 67.1 Å². The molecule has 2 heterocycles. The van der Waals surface area contributed by atoms with Gasteiger partial charge in [0, 0.05) is 26.5 Å². The minimum Gasteiger partial charge on any atom is -0.228 e. The highest BCUT2D eigenvalue weighted by Gasteiger charge is 2.50. The third-order valence-electron chi connectivity index (χ3n) is 10.9. The summed E-state index contributed by atoms with van der Waals surface area (Å²) in [6, 6.07) is 66.0. The van der Waals surface area contributed by atoms with Crippen LogP contribution in [-0.4, -0.2) is 9.97 Å². The molecule has 0 N–H and O–H groups in total. The first kappa shape index (κ1) is 29.4. The molecule has 9 aromatic rings. The van der Waals surface area contributed by atoms with Crippen molar-refractivity contribution in [3.05, 3.63) is 204 Å². The van der Waals surface area contributed by atoms with Crippen molar-refractivity contribution in [2.45, 2.75) is 15.2 Å². The summed E-state index contributed by atoms with van der Waals surface area (Å²) in [6.07, 6.45) is 0. The molecule has 2 nitrogen and oxygen atoms in total. The Morgan fingerprint density at radius 2 is 0.885 bits per heavy atom. The fraction of sp³-hybridized carbons (Fsp3) is 0.0204.